The lowest BCUT2D eigenvalue weighted by Crippen LogP contribution is -2.37. The third-order valence-corrected chi connectivity index (χ3v) is 7.61. The van der Waals surface area contributed by atoms with Gasteiger partial charge in [0.1, 0.15) is 11.6 Å². The monoisotopic (exact) mass is 486 g/mol. The SMILES string of the molecule is O=S(=O)(Cc1cc(N2CCOCC2)nc(-c2ccc3[nH]ccc3c2)n1)c1ccc(F)cc1Cl. The van der Waals surface area contributed by atoms with Crippen molar-refractivity contribution in [2.24, 2.45) is 0 Å². The van der Waals surface area contributed by atoms with Gasteiger partial charge in [0.2, 0.25) is 0 Å². The fourth-order valence-electron chi connectivity index (χ4n) is 3.83. The lowest BCUT2D eigenvalue weighted by Gasteiger charge is -2.28. The number of aromatic nitrogens is 3. The molecule has 1 aliphatic rings. The summed E-state index contributed by atoms with van der Waals surface area (Å²) in [6.45, 7) is 2.41. The Kier molecular flexibility index (Phi) is 5.77. The molecule has 1 aliphatic heterocycles. The molecule has 0 radical (unpaired) electrons. The van der Waals surface area contributed by atoms with E-state index in [-0.39, 0.29) is 9.92 Å². The van der Waals surface area contributed by atoms with Crippen LogP contribution in [-0.4, -0.2) is 49.7 Å². The molecular formula is C23H20ClFN4O3S. The van der Waals surface area contributed by atoms with Crippen LogP contribution < -0.4 is 4.90 Å². The lowest BCUT2D eigenvalue weighted by atomic mass is 10.1. The summed E-state index contributed by atoms with van der Waals surface area (Å²) >= 11 is 6.03. The average Bonchev–Trinajstić information content (AvgIpc) is 3.27. The number of sulfone groups is 1. The van der Waals surface area contributed by atoms with E-state index in [1.807, 2.05) is 35.4 Å². The van der Waals surface area contributed by atoms with Gasteiger partial charge in [0.05, 0.1) is 34.6 Å². The van der Waals surface area contributed by atoms with Gasteiger partial charge >= 0.3 is 0 Å². The Hall–Kier alpha value is -3.01. The van der Waals surface area contributed by atoms with E-state index in [1.165, 1.54) is 6.07 Å². The van der Waals surface area contributed by atoms with E-state index < -0.39 is 21.4 Å². The second-order valence-corrected chi connectivity index (χ2v) is 10.1. The van der Waals surface area contributed by atoms with Gasteiger partial charge in [0.25, 0.3) is 0 Å². The Morgan fingerprint density at radius 3 is 2.67 bits per heavy atom. The topological polar surface area (TPSA) is 88.2 Å². The van der Waals surface area contributed by atoms with Crippen molar-refractivity contribution in [1.29, 1.82) is 0 Å². The summed E-state index contributed by atoms with van der Waals surface area (Å²) in [6.07, 6.45) is 1.85. The van der Waals surface area contributed by atoms with E-state index in [9.17, 15) is 12.8 Å². The highest BCUT2D eigenvalue weighted by Gasteiger charge is 2.23. The summed E-state index contributed by atoms with van der Waals surface area (Å²) < 4.78 is 45.1. The maximum atomic E-state index is 13.4. The number of benzene rings is 2. The highest BCUT2D eigenvalue weighted by atomic mass is 35.5. The van der Waals surface area contributed by atoms with Crippen molar-refractivity contribution >= 4 is 38.2 Å². The number of rotatable bonds is 5. The van der Waals surface area contributed by atoms with Crippen molar-refractivity contribution < 1.29 is 17.5 Å². The van der Waals surface area contributed by atoms with Gasteiger partial charge in [-0.05, 0) is 42.5 Å². The fraction of sp³-hybridized carbons (Fsp3) is 0.217. The van der Waals surface area contributed by atoms with Gasteiger partial charge in [-0.3, -0.25) is 0 Å². The van der Waals surface area contributed by atoms with E-state index in [4.69, 9.17) is 21.3 Å². The fourth-order valence-corrected chi connectivity index (χ4v) is 5.68. The van der Waals surface area contributed by atoms with Gasteiger partial charge in [-0.1, -0.05) is 11.6 Å². The standard InChI is InChI=1S/C23H20ClFN4O3S/c24-19-12-17(25)2-4-21(19)33(30,31)14-18-13-22(29-7-9-32-10-8-29)28-23(27-18)16-1-3-20-15(11-16)5-6-26-20/h1-6,11-13,26H,7-10,14H2. The first-order valence-corrected chi connectivity index (χ1v) is 12.4. The van der Waals surface area contributed by atoms with Crippen LogP contribution in [0, 0.1) is 5.82 Å². The zero-order valence-electron chi connectivity index (χ0n) is 17.5. The third kappa shape index (κ3) is 4.57. The Morgan fingerprint density at radius 2 is 1.88 bits per heavy atom. The molecule has 2 aromatic heterocycles. The minimum absolute atomic E-state index is 0.132. The Bertz CT molecular complexity index is 1430. The van der Waals surface area contributed by atoms with Gasteiger partial charge in [-0.25, -0.2) is 22.8 Å². The highest BCUT2D eigenvalue weighted by molar-refractivity contribution is 7.90. The van der Waals surface area contributed by atoms with Gasteiger partial charge in [0.15, 0.2) is 15.7 Å². The number of ether oxygens (including phenoxy) is 1. The number of fused-ring (bicyclic) bond motifs is 1. The summed E-state index contributed by atoms with van der Waals surface area (Å²) in [6, 6.07) is 12.7. The predicted octanol–water partition coefficient (Wildman–Crippen LogP) is 4.23. The van der Waals surface area contributed by atoms with Crippen LogP contribution >= 0.6 is 11.6 Å². The second kappa shape index (κ2) is 8.74. The van der Waals surface area contributed by atoms with Crippen molar-refractivity contribution in [3.8, 4) is 11.4 Å². The molecule has 7 nitrogen and oxygen atoms in total. The molecule has 0 aliphatic carbocycles. The van der Waals surface area contributed by atoms with Crippen molar-refractivity contribution in [3.05, 3.63) is 71.3 Å². The van der Waals surface area contributed by atoms with E-state index in [0.717, 1.165) is 28.6 Å². The number of aromatic amines is 1. The third-order valence-electron chi connectivity index (χ3n) is 5.48. The number of anilines is 1. The maximum Gasteiger partial charge on any atom is 0.185 e. The Morgan fingerprint density at radius 1 is 1.06 bits per heavy atom. The second-order valence-electron chi connectivity index (χ2n) is 7.75. The Labute approximate surface area is 195 Å². The minimum atomic E-state index is -3.87. The minimum Gasteiger partial charge on any atom is -0.378 e. The lowest BCUT2D eigenvalue weighted by molar-refractivity contribution is 0.122. The summed E-state index contributed by atoms with van der Waals surface area (Å²) in [5, 5.41) is 0.843. The normalized spacial score (nSPS) is 14.7. The van der Waals surface area contributed by atoms with Gasteiger partial charge in [-0.2, -0.15) is 0 Å². The van der Waals surface area contributed by atoms with E-state index in [1.54, 1.807) is 6.07 Å². The predicted molar refractivity (Wildman–Crippen MR) is 125 cm³/mol. The molecule has 3 heterocycles. The highest BCUT2D eigenvalue weighted by Crippen LogP contribution is 2.28. The molecule has 0 spiro atoms. The number of H-pyrrole nitrogens is 1. The molecule has 10 heteroatoms. The molecule has 0 atom stereocenters. The zero-order chi connectivity index (χ0) is 23.0. The van der Waals surface area contributed by atoms with E-state index in [2.05, 4.69) is 9.97 Å². The molecule has 170 valence electrons. The van der Waals surface area contributed by atoms with Crippen LogP contribution in [0.25, 0.3) is 22.3 Å². The Balaban J connectivity index is 1.57. The number of hydrogen-bond acceptors (Lipinski definition) is 6. The molecule has 2 aromatic carbocycles. The summed E-state index contributed by atoms with van der Waals surface area (Å²) in [4.78, 5) is 14.4. The molecule has 4 aromatic rings. The molecule has 0 amide bonds. The first-order valence-electron chi connectivity index (χ1n) is 10.3. The zero-order valence-corrected chi connectivity index (χ0v) is 19.0. The number of hydrogen-bond donors (Lipinski definition) is 1. The van der Waals surface area contributed by atoms with E-state index in [0.29, 0.717) is 43.6 Å². The quantitative estimate of drug-likeness (QED) is 0.425. The molecule has 33 heavy (non-hydrogen) atoms. The van der Waals surface area contributed by atoms with Crippen LogP contribution in [0.15, 0.2) is 59.6 Å². The smallest absolute Gasteiger partial charge is 0.185 e. The van der Waals surface area contributed by atoms with Crippen LogP contribution in [0.4, 0.5) is 10.2 Å². The van der Waals surface area contributed by atoms with E-state index >= 15 is 0 Å². The summed E-state index contributed by atoms with van der Waals surface area (Å²) in [5.41, 5.74) is 2.09. The number of nitrogens with zero attached hydrogens (tertiary/aromatic N) is 3. The number of halogens is 2. The van der Waals surface area contributed by atoms with Crippen LogP contribution in [0.3, 0.4) is 0 Å². The summed E-state index contributed by atoms with van der Waals surface area (Å²) in [7, 11) is -3.87. The van der Waals surface area contributed by atoms with Gasteiger partial charge in [0, 0.05) is 41.8 Å². The average molecular weight is 487 g/mol. The molecule has 0 bridgehead atoms. The largest absolute Gasteiger partial charge is 0.378 e. The molecule has 1 fully saturated rings. The first kappa shape index (κ1) is 21.8. The molecule has 1 saturated heterocycles. The van der Waals surface area contributed by atoms with Crippen LogP contribution in [0.2, 0.25) is 5.02 Å². The first-order chi connectivity index (χ1) is 15.9. The number of nitrogens with one attached hydrogen (secondary N) is 1. The van der Waals surface area contributed by atoms with Crippen molar-refractivity contribution in [2.75, 3.05) is 31.2 Å². The van der Waals surface area contributed by atoms with Crippen molar-refractivity contribution in [1.82, 2.24) is 15.0 Å². The molecule has 5 rings (SSSR count). The molecular weight excluding hydrogens is 467 g/mol. The molecule has 0 saturated carbocycles. The van der Waals surface area contributed by atoms with Crippen LogP contribution in [0.1, 0.15) is 5.69 Å². The maximum absolute atomic E-state index is 13.4. The van der Waals surface area contributed by atoms with Gasteiger partial charge < -0.3 is 14.6 Å². The van der Waals surface area contributed by atoms with Gasteiger partial charge in [-0.15, -0.1) is 0 Å². The van der Waals surface area contributed by atoms with Crippen LogP contribution in [0.5, 0.6) is 0 Å². The van der Waals surface area contributed by atoms with Crippen molar-refractivity contribution in [2.45, 2.75) is 10.6 Å². The van der Waals surface area contributed by atoms with Crippen molar-refractivity contribution in [3.63, 3.8) is 0 Å². The van der Waals surface area contributed by atoms with Crippen LogP contribution in [-0.2, 0) is 20.3 Å². The number of morpholine rings is 1. The molecule has 0 unspecified atom stereocenters. The summed E-state index contributed by atoms with van der Waals surface area (Å²) in [5.74, 6) is 0.0702. The molecule has 1 N–H and O–H groups in total.